The normalized spacial score (nSPS) is 18.0. The topological polar surface area (TPSA) is 49.4 Å². The molecule has 0 aromatic heterocycles. The van der Waals surface area contributed by atoms with Crippen molar-refractivity contribution in [3.05, 3.63) is 64.7 Å². The van der Waals surface area contributed by atoms with E-state index in [-0.39, 0.29) is 11.8 Å². The van der Waals surface area contributed by atoms with Gasteiger partial charge in [0.15, 0.2) is 0 Å². The number of hydrogen-bond donors (Lipinski definition) is 1. The monoisotopic (exact) mass is 368 g/mol. The van der Waals surface area contributed by atoms with Gasteiger partial charge in [-0.2, -0.15) is 0 Å². The standard InChI is InChI=1S/C21H21ClN2O2/c22-17-4-1-3-16(13-17)21(10-11-21)20(26)23-14-15-6-8-18(9-7-15)24-12-2-5-19(24)25/h1,3-4,6-9,13H,2,5,10-12,14H2,(H,23,26). The number of halogens is 1. The van der Waals surface area contributed by atoms with Gasteiger partial charge in [-0.05, 0) is 54.7 Å². The minimum atomic E-state index is -0.424. The first kappa shape index (κ1) is 17.1. The summed E-state index contributed by atoms with van der Waals surface area (Å²) < 4.78 is 0. The number of carbonyl (C=O) groups is 2. The Bertz CT molecular complexity index is 843. The maximum atomic E-state index is 12.7. The van der Waals surface area contributed by atoms with E-state index in [4.69, 9.17) is 11.6 Å². The average Bonchev–Trinajstić information content (AvgIpc) is 3.36. The maximum Gasteiger partial charge on any atom is 0.230 e. The first-order valence-electron chi connectivity index (χ1n) is 9.02. The molecule has 1 N–H and O–H groups in total. The lowest BCUT2D eigenvalue weighted by molar-refractivity contribution is -0.123. The zero-order valence-corrected chi connectivity index (χ0v) is 15.3. The first-order valence-corrected chi connectivity index (χ1v) is 9.40. The molecule has 0 atom stereocenters. The molecule has 4 rings (SSSR count). The lowest BCUT2D eigenvalue weighted by Gasteiger charge is -2.17. The summed E-state index contributed by atoms with van der Waals surface area (Å²) in [6, 6.07) is 15.4. The van der Waals surface area contributed by atoms with Gasteiger partial charge in [-0.1, -0.05) is 35.9 Å². The fraction of sp³-hybridized carbons (Fsp3) is 0.333. The van der Waals surface area contributed by atoms with Crippen molar-refractivity contribution in [2.45, 2.75) is 37.6 Å². The van der Waals surface area contributed by atoms with Crippen molar-refractivity contribution >= 4 is 29.1 Å². The summed E-state index contributed by atoms with van der Waals surface area (Å²) in [5, 5.41) is 3.72. The van der Waals surface area contributed by atoms with Crippen LogP contribution in [-0.2, 0) is 21.5 Å². The number of nitrogens with zero attached hydrogens (tertiary/aromatic N) is 1. The van der Waals surface area contributed by atoms with E-state index in [1.807, 2.05) is 53.4 Å². The van der Waals surface area contributed by atoms with Crippen LogP contribution in [0.1, 0.15) is 36.8 Å². The van der Waals surface area contributed by atoms with Crippen molar-refractivity contribution in [2.75, 3.05) is 11.4 Å². The summed E-state index contributed by atoms with van der Waals surface area (Å²) in [6.07, 6.45) is 3.26. The Morgan fingerprint density at radius 3 is 2.54 bits per heavy atom. The van der Waals surface area contributed by atoms with Gasteiger partial charge in [-0.3, -0.25) is 9.59 Å². The maximum absolute atomic E-state index is 12.7. The zero-order valence-electron chi connectivity index (χ0n) is 14.5. The molecule has 0 spiro atoms. The molecule has 0 bridgehead atoms. The molecular weight excluding hydrogens is 348 g/mol. The Morgan fingerprint density at radius 2 is 1.92 bits per heavy atom. The number of amides is 2. The van der Waals surface area contributed by atoms with Crippen LogP contribution in [0.4, 0.5) is 5.69 Å². The van der Waals surface area contributed by atoms with Crippen LogP contribution in [0.3, 0.4) is 0 Å². The van der Waals surface area contributed by atoms with E-state index in [0.717, 1.165) is 42.6 Å². The molecule has 2 aromatic rings. The fourth-order valence-corrected chi connectivity index (χ4v) is 3.81. The summed E-state index contributed by atoms with van der Waals surface area (Å²) in [5.41, 5.74) is 2.52. The summed E-state index contributed by atoms with van der Waals surface area (Å²) in [4.78, 5) is 26.4. The van der Waals surface area contributed by atoms with E-state index in [2.05, 4.69) is 5.32 Å². The highest BCUT2D eigenvalue weighted by molar-refractivity contribution is 6.30. The van der Waals surface area contributed by atoms with Gasteiger partial charge in [0.25, 0.3) is 0 Å². The highest BCUT2D eigenvalue weighted by Gasteiger charge is 2.51. The van der Waals surface area contributed by atoms with Crippen LogP contribution in [0, 0.1) is 0 Å². The number of nitrogens with one attached hydrogen (secondary N) is 1. The van der Waals surface area contributed by atoms with Gasteiger partial charge in [-0.25, -0.2) is 0 Å². The number of carbonyl (C=O) groups excluding carboxylic acids is 2. The Kier molecular flexibility index (Phi) is 4.45. The molecule has 1 saturated heterocycles. The molecule has 1 saturated carbocycles. The van der Waals surface area contributed by atoms with Crippen molar-refractivity contribution in [2.24, 2.45) is 0 Å². The Hall–Kier alpha value is -2.33. The first-order chi connectivity index (χ1) is 12.6. The summed E-state index contributed by atoms with van der Waals surface area (Å²) in [6.45, 7) is 1.27. The summed E-state index contributed by atoms with van der Waals surface area (Å²) >= 11 is 6.08. The van der Waals surface area contributed by atoms with Crippen molar-refractivity contribution in [1.29, 1.82) is 0 Å². The van der Waals surface area contributed by atoms with Crippen LogP contribution in [0.25, 0.3) is 0 Å². The van der Waals surface area contributed by atoms with E-state index in [1.54, 1.807) is 0 Å². The molecule has 1 heterocycles. The molecule has 2 aromatic carbocycles. The van der Waals surface area contributed by atoms with Crippen LogP contribution >= 0.6 is 11.6 Å². The highest BCUT2D eigenvalue weighted by atomic mass is 35.5. The van der Waals surface area contributed by atoms with Gasteiger partial charge in [0.1, 0.15) is 0 Å². The molecule has 0 radical (unpaired) electrons. The molecule has 2 fully saturated rings. The molecule has 1 aliphatic heterocycles. The smallest absolute Gasteiger partial charge is 0.230 e. The molecule has 2 aliphatic rings. The van der Waals surface area contributed by atoms with Crippen LogP contribution in [0.5, 0.6) is 0 Å². The lowest BCUT2D eigenvalue weighted by Crippen LogP contribution is -2.34. The van der Waals surface area contributed by atoms with E-state index >= 15 is 0 Å². The van der Waals surface area contributed by atoms with E-state index in [0.29, 0.717) is 18.0 Å². The van der Waals surface area contributed by atoms with E-state index < -0.39 is 5.41 Å². The third kappa shape index (κ3) is 3.21. The third-order valence-corrected chi connectivity index (χ3v) is 5.57. The largest absolute Gasteiger partial charge is 0.351 e. The zero-order chi connectivity index (χ0) is 18.1. The number of hydrogen-bond acceptors (Lipinski definition) is 2. The van der Waals surface area contributed by atoms with Crippen molar-refractivity contribution in [3.8, 4) is 0 Å². The molecule has 26 heavy (non-hydrogen) atoms. The minimum Gasteiger partial charge on any atom is -0.351 e. The Balaban J connectivity index is 1.39. The minimum absolute atomic E-state index is 0.0542. The average molecular weight is 369 g/mol. The molecule has 134 valence electrons. The lowest BCUT2D eigenvalue weighted by atomic mass is 9.95. The predicted octanol–water partition coefficient (Wildman–Crippen LogP) is 3.81. The van der Waals surface area contributed by atoms with Crippen LogP contribution in [0.15, 0.2) is 48.5 Å². The number of rotatable bonds is 5. The SMILES string of the molecule is O=C1CCCN1c1ccc(CNC(=O)C2(c3cccc(Cl)c3)CC2)cc1. The number of benzene rings is 2. The van der Waals surface area contributed by atoms with Crippen LogP contribution in [-0.4, -0.2) is 18.4 Å². The molecule has 0 unspecified atom stereocenters. The van der Waals surface area contributed by atoms with Gasteiger partial charge >= 0.3 is 0 Å². The summed E-state index contributed by atoms with van der Waals surface area (Å²) in [7, 11) is 0. The van der Waals surface area contributed by atoms with Gasteiger partial charge in [-0.15, -0.1) is 0 Å². The highest BCUT2D eigenvalue weighted by Crippen LogP contribution is 2.48. The van der Waals surface area contributed by atoms with Gasteiger partial charge in [0, 0.05) is 30.2 Å². The molecular formula is C21H21ClN2O2. The second-order valence-electron chi connectivity index (χ2n) is 7.09. The van der Waals surface area contributed by atoms with Crippen LogP contribution < -0.4 is 10.2 Å². The second kappa shape index (κ2) is 6.76. The quantitative estimate of drug-likeness (QED) is 0.872. The molecule has 2 amide bonds. The number of anilines is 1. The van der Waals surface area contributed by atoms with Gasteiger partial charge in [0.05, 0.1) is 5.41 Å². The fourth-order valence-electron chi connectivity index (χ4n) is 3.62. The molecule has 5 heteroatoms. The second-order valence-corrected chi connectivity index (χ2v) is 7.53. The van der Waals surface area contributed by atoms with Crippen LogP contribution in [0.2, 0.25) is 5.02 Å². The van der Waals surface area contributed by atoms with Crippen molar-refractivity contribution < 1.29 is 9.59 Å². The van der Waals surface area contributed by atoms with E-state index in [9.17, 15) is 9.59 Å². The predicted molar refractivity (Wildman–Crippen MR) is 102 cm³/mol. The van der Waals surface area contributed by atoms with Crippen molar-refractivity contribution in [3.63, 3.8) is 0 Å². The Labute approximate surface area is 158 Å². The van der Waals surface area contributed by atoms with Crippen molar-refractivity contribution in [1.82, 2.24) is 5.32 Å². The molecule has 4 nitrogen and oxygen atoms in total. The Morgan fingerprint density at radius 1 is 1.15 bits per heavy atom. The van der Waals surface area contributed by atoms with E-state index in [1.165, 1.54) is 0 Å². The van der Waals surface area contributed by atoms with Gasteiger partial charge in [0.2, 0.25) is 11.8 Å². The third-order valence-electron chi connectivity index (χ3n) is 5.34. The molecule has 1 aliphatic carbocycles. The summed E-state index contributed by atoms with van der Waals surface area (Å²) in [5.74, 6) is 0.238. The van der Waals surface area contributed by atoms with Gasteiger partial charge < -0.3 is 10.2 Å².